The van der Waals surface area contributed by atoms with Gasteiger partial charge in [0.05, 0.1) is 5.69 Å². The average Bonchev–Trinajstić information content (AvgIpc) is 2.86. The maximum atomic E-state index is 12.0. The highest BCUT2D eigenvalue weighted by atomic mass is 32.1. The largest absolute Gasteiger partial charge is 0.459 e. The molecule has 0 bridgehead atoms. The Hall–Kier alpha value is -1.76. The number of unbranched alkanes of at least 4 members (excludes halogenated alkanes) is 1. The van der Waals surface area contributed by atoms with Crippen LogP contribution in [0, 0.1) is 5.92 Å². The first kappa shape index (κ1) is 16.6. The third kappa shape index (κ3) is 4.37. The van der Waals surface area contributed by atoms with Gasteiger partial charge in [0.15, 0.2) is 0 Å². The molecule has 7 heteroatoms. The standard InChI is InChI=1S/C15H21N3O3S/c1-4-5-6-12-17-18-13(19)8-11(16-15(18)22-12)9-21-14(20)7-10(2)3/h8,10H,4-7,9H2,1-3H3. The third-order valence-corrected chi connectivity index (χ3v) is 4.01. The molecule has 0 saturated heterocycles. The minimum absolute atomic E-state index is 0.0273. The zero-order valence-electron chi connectivity index (χ0n) is 13.2. The summed E-state index contributed by atoms with van der Waals surface area (Å²) in [6.45, 7) is 6.04. The first-order chi connectivity index (χ1) is 10.5. The summed E-state index contributed by atoms with van der Waals surface area (Å²) in [4.78, 5) is 28.5. The Morgan fingerprint density at radius 2 is 2.23 bits per heavy atom. The van der Waals surface area contributed by atoms with Crippen LogP contribution in [-0.2, 0) is 22.6 Å². The van der Waals surface area contributed by atoms with Crippen LogP contribution in [0.25, 0.3) is 4.96 Å². The molecule has 0 fully saturated rings. The number of rotatable bonds is 7. The molecule has 0 aliphatic carbocycles. The van der Waals surface area contributed by atoms with E-state index in [1.807, 2.05) is 13.8 Å². The lowest BCUT2D eigenvalue weighted by Gasteiger charge is -2.05. The SMILES string of the molecule is CCCCc1nn2c(=O)cc(COC(=O)CC(C)C)nc2s1. The highest BCUT2D eigenvalue weighted by molar-refractivity contribution is 7.16. The minimum Gasteiger partial charge on any atom is -0.459 e. The molecular formula is C15H21N3O3S. The first-order valence-corrected chi connectivity index (χ1v) is 8.35. The van der Waals surface area contributed by atoms with Gasteiger partial charge in [-0.05, 0) is 12.3 Å². The van der Waals surface area contributed by atoms with Crippen LogP contribution in [0.3, 0.4) is 0 Å². The van der Waals surface area contributed by atoms with Crippen molar-refractivity contribution in [3.63, 3.8) is 0 Å². The Balaban J connectivity index is 2.11. The van der Waals surface area contributed by atoms with Gasteiger partial charge in [0, 0.05) is 18.9 Å². The van der Waals surface area contributed by atoms with E-state index in [1.54, 1.807) is 0 Å². The quantitative estimate of drug-likeness (QED) is 0.732. The maximum absolute atomic E-state index is 12.0. The summed E-state index contributed by atoms with van der Waals surface area (Å²) in [6.07, 6.45) is 3.33. The van der Waals surface area contributed by atoms with Crippen molar-refractivity contribution in [3.8, 4) is 0 Å². The summed E-state index contributed by atoms with van der Waals surface area (Å²) in [5, 5.41) is 5.18. The number of hydrogen-bond donors (Lipinski definition) is 0. The summed E-state index contributed by atoms with van der Waals surface area (Å²) in [5.41, 5.74) is 0.228. The number of aryl methyl sites for hydroxylation is 1. The van der Waals surface area contributed by atoms with Gasteiger partial charge in [-0.15, -0.1) is 0 Å². The fraction of sp³-hybridized carbons (Fsp3) is 0.600. The molecule has 2 heterocycles. The lowest BCUT2D eigenvalue weighted by Crippen LogP contribution is -2.17. The number of carbonyl (C=O) groups is 1. The molecule has 0 spiro atoms. The second-order valence-electron chi connectivity index (χ2n) is 5.64. The van der Waals surface area contributed by atoms with Gasteiger partial charge in [0.25, 0.3) is 5.56 Å². The number of nitrogens with zero attached hydrogens (tertiary/aromatic N) is 3. The van der Waals surface area contributed by atoms with Gasteiger partial charge < -0.3 is 4.74 Å². The van der Waals surface area contributed by atoms with Crippen LogP contribution < -0.4 is 5.56 Å². The fourth-order valence-electron chi connectivity index (χ4n) is 1.95. The molecule has 0 aromatic carbocycles. The van der Waals surface area contributed by atoms with Gasteiger partial charge >= 0.3 is 5.97 Å². The van der Waals surface area contributed by atoms with Crippen LogP contribution in [0.2, 0.25) is 0 Å². The Morgan fingerprint density at radius 1 is 1.45 bits per heavy atom. The maximum Gasteiger partial charge on any atom is 0.306 e. The number of aromatic nitrogens is 3. The van der Waals surface area contributed by atoms with Crippen molar-refractivity contribution in [3.05, 3.63) is 27.1 Å². The highest BCUT2D eigenvalue weighted by Gasteiger charge is 2.11. The Labute approximate surface area is 133 Å². The van der Waals surface area contributed by atoms with E-state index >= 15 is 0 Å². The zero-order chi connectivity index (χ0) is 16.1. The predicted molar refractivity (Wildman–Crippen MR) is 85.0 cm³/mol. The van der Waals surface area contributed by atoms with Crippen LogP contribution >= 0.6 is 11.3 Å². The number of fused-ring (bicyclic) bond motifs is 1. The van der Waals surface area contributed by atoms with Gasteiger partial charge in [0.2, 0.25) is 4.96 Å². The van der Waals surface area contributed by atoms with E-state index < -0.39 is 0 Å². The van der Waals surface area contributed by atoms with Crippen molar-refractivity contribution in [1.29, 1.82) is 0 Å². The lowest BCUT2D eigenvalue weighted by molar-refractivity contribution is -0.145. The van der Waals surface area contributed by atoms with Gasteiger partial charge in [-0.3, -0.25) is 9.59 Å². The summed E-state index contributed by atoms with van der Waals surface area (Å²) >= 11 is 1.41. The number of carbonyl (C=O) groups excluding carboxylic acids is 1. The van der Waals surface area contributed by atoms with Gasteiger partial charge in [-0.2, -0.15) is 9.61 Å². The molecule has 6 nitrogen and oxygen atoms in total. The van der Waals surface area contributed by atoms with Crippen molar-refractivity contribution in [2.45, 2.75) is 53.1 Å². The minimum atomic E-state index is -0.273. The summed E-state index contributed by atoms with van der Waals surface area (Å²) < 4.78 is 6.46. The van der Waals surface area contributed by atoms with E-state index in [0.717, 1.165) is 24.3 Å². The van der Waals surface area contributed by atoms with Gasteiger partial charge in [0.1, 0.15) is 11.6 Å². The molecule has 0 radical (unpaired) electrons. The van der Waals surface area contributed by atoms with Crippen molar-refractivity contribution >= 4 is 22.3 Å². The highest BCUT2D eigenvalue weighted by Crippen LogP contribution is 2.14. The molecule has 0 aliphatic heterocycles. The van der Waals surface area contributed by atoms with E-state index in [-0.39, 0.29) is 24.1 Å². The molecule has 0 unspecified atom stereocenters. The van der Waals surface area contributed by atoms with Crippen molar-refractivity contribution in [2.24, 2.45) is 5.92 Å². The molecule has 2 aromatic rings. The number of esters is 1. The summed E-state index contributed by atoms with van der Waals surface area (Å²) in [6, 6.07) is 1.37. The number of hydrogen-bond acceptors (Lipinski definition) is 6. The molecule has 2 rings (SSSR count). The molecule has 0 amide bonds. The second-order valence-corrected chi connectivity index (χ2v) is 6.68. The second kappa shape index (κ2) is 7.49. The molecule has 22 heavy (non-hydrogen) atoms. The molecule has 0 aliphatic rings. The van der Waals surface area contributed by atoms with Crippen LogP contribution in [0.15, 0.2) is 10.9 Å². The van der Waals surface area contributed by atoms with Gasteiger partial charge in [-0.25, -0.2) is 4.98 Å². The van der Waals surface area contributed by atoms with E-state index in [2.05, 4.69) is 17.0 Å². The molecule has 0 saturated carbocycles. The molecular weight excluding hydrogens is 302 g/mol. The predicted octanol–water partition coefficient (Wildman–Crippen LogP) is 2.58. The van der Waals surface area contributed by atoms with Crippen LogP contribution in [0.1, 0.15) is 50.7 Å². The van der Waals surface area contributed by atoms with Crippen molar-refractivity contribution in [1.82, 2.24) is 14.6 Å². The van der Waals surface area contributed by atoms with E-state index in [4.69, 9.17) is 4.74 Å². The Kier molecular flexibility index (Phi) is 5.65. The normalized spacial score (nSPS) is 11.3. The summed E-state index contributed by atoms with van der Waals surface area (Å²) in [5.74, 6) is -0.0267. The third-order valence-electron chi connectivity index (χ3n) is 3.04. The number of ether oxygens (including phenoxy) is 1. The van der Waals surface area contributed by atoms with Crippen molar-refractivity contribution < 1.29 is 9.53 Å². The average molecular weight is 323 g/mol. The van der Waals surface area contributed by atoms with E-state index in [0.29, 0.717) is 17.1 Å². The van der Waals surface area contributed by atoms with Crippen molar-refractivity contribution in [2.75, 3.05) is 0 Å². The molecule has 120 valence electrons. The summed E-state index contributed by atoms with van der Waals surface area (Å²) in [7, 11) is 0. The van der Waals surface area contributed by atoms with Crippen LogP contribution in [0.5, 0.6) is 0 Å². The Morgan fingerprint density at radius 3 is 2.91 bits per heavy atom. The van der Waals surface area contributed by atoms with Crippen LogP contribution in [0.4, 0.5) is 0 Å². The molecule has 0 N–H and O–H groups in total. The van der Waals surface area contributed by atoms with E-state index in [1.165, 1.54) is 21.9 Å². The van der Waals surface area contributed by atoms with E-state index in [9.17, 15) is 9.59 Å². The zero-order valence-corrected chi connectivity index (χ0v) is 14.0. The molecule has 2 aromatic heterocycles. The monoisotopic (exact) mass is 323 g/mol. The Bertz CT molecular complexity index is 706. The smallest absolute Gasteiger partial charge is 0.306 e. The lowest BCUT2D eigenvalue weighted by atomic mass is 10.1. The first-order valence-electron chi connectivity index (χ1n) is 7.54. The van der Waals surface area contributed by atoms with Gasteiger partial charge in [-0.1, -0.05) is 38.5 Å². The topological polar surface area (TPSA) is 73.6 Å². The van der Waals surface area contributed by atoms with Crippen LogP contribution in [-0.4, -0.2) is 20.6 Å². The molecule has 0 atom stereocenters. The fourth-order valence-corrected chi connectivity index (χ4v) is 2.91.